The van der Waals surface area contributed by atoms with E-state index in [1.54, 1.807) is 0 Å². The fraction of sp³-hybridized carbons (Fsp3) is 0.857. The van der Waals surface area contributed by atoms with Crippen molar-refractivity contribution in [2.24, 2.45) is 51.0 Å². The lowest BCUT2D eigenvalue weighted by Crippen LogP contribution is -2.52. The van der Waals surface area contributed by atoms with Crippen molar-refractivity contribution < 1.29 is 10.2 Å². The van der Waals surface area contributed by atoms with Crippen molar-refractivity contribution in [1.82, 2.24) is 0 Å². The van der Waals surface area contributed by atoms with E-state index in [4.69, 9.17) is 11.5 Å². The van der Waals surface area contributed by atoms with Gasteiger partial charge in [-0.25, -0.2) is 0 Å². The summed E-state index contributed by atoms with van der Waals surface area (Å²) in [5.74, 6) is 1.74. The minimum absolute atomic E-state index is 0.0305. The summed E-state index contributed by atoms with van der Waals surface area (Å²) in [7, 11) is 0. The molecule has 3 rings (SSSR count). The van der Waals surface area contributed by atoms with E-state index in [2.05, 4.69) is 25.4 Å². The van der Waals surface area contributed by atoms with E-state index in [0.29, 0.717) is 30.7 Å². The number of rotatable bonds is 4. The van der Waals surface area contributed by atoms with Crippen molar-refractivity contribution in [3.05, 3.63) is 12.2 Å². The highest BCUT2D eigenvalue weighted by molar-refractivity contribution is 5.75. The zero-order chi connectivity index (χ0) is 19.1. The van der Waals surface area contributed by atoms with Gasteiger partial charge in [0.1, 0.15) is 0 Å². The van der Waals surface area contributed by atoms with Crippen LogP contribution in [0.15, 0.2) is 17.1 Å². The second-order valence-corrected chi connectivity index (χ2v) is 9.55. The van der Waals surface area contributed by atoms with Gasteiger partial charge < -0.3 is 21.7 Å². The first-order chi connectivity index (χ1) is 12.2. The molecule has 6 N–H and O–H groups in total. The fourth-order valence-corrected chi connectivity index (χ4v) is 6.65. The molecular formula is C21H37N3O2. The molecule has 3 aliphatic rings. The number of allylic oxidation sites excluding steroid dienone is 1. The molecule has 5 nitrogen and oxygen atoms in total. The largest absolute Gasteiger partial charge is 0.396 e. The van der Waals surface area contributed by atoms with Crippen LogP contribution in [-0.2, 0) is 0 Å². The monoisotopic (exact) mass is 363 g/mol. The van der Waals surface area contributed by atoms with Crippen molar-refractivity contribution in [2.75, 3.05) is 13.2 Å². The number of fused-ring (bicyclic) bond motifs is 1. The van der Waals surface area contributed by atoms with Crippen LogP contribution < -0.4 is 11.5 Å². The van der Waals surface area contributed by atoms with Crippen LogP contribution in [0, 0.1) is 34.5 Å². The summed E-state index contributed by atoms with van der Waals surface area (Å²) in [6, 6.07) is 0. The normalized spacial score (nSPS) is 46.0. The lowest BCUT2D eigenvalue weighted by Gasteiger charge is -2.56. The smallest absolute Gasteiger partial charge is 0.185 e. The second kappa shape index (κ2) is 7.16. The molecular weight excluding hydrogens is 326 g/mol. The minimum Gasteiger partial charge on any atom is -0.396 e. The Hall–Kier alpha value is -1.07. The highest BCUT2D eigenvalue weighted by Gasteiger charge is 2.56. The first-order valence-corrected chi connectivity index (χ1v) is 10.2. The molecule has 3 fully saturated rings. The second-order valence-electron chi connectivity index (χ2n) is 9.55. The maximum absolute atomic E-state index is 10.1. The predicted molar refractivity (Wildman–Crippen MR) is 105 cm³/mol. The third-order valence-electron chi connectivity index (χ3n) is 8.45. The Morgan fingerprint density at radius 1 is 1.19 bits per heavy atom. The number of nitrogens with two attached hydrogens (primary N) is 2. The maximum atomic E-state index is 10.1. The highest BCUT2D eigenvalue weighted by atomic mass is 16.3. The van der Waals surface area contributed by atoms with Crippen molar-refractivity contribution in [2.45, 2.75) is 64.9 Å². The van der Waals surface area contributed by atoms with Gasteiger partial charge in [0, 0.05) is 13.2 Å². The van der Waals surface area contributed by atoms with Crippen LogP contribution in [0.1, 0.15) is 58.8 Å². The molecule has 0 aromatic rings. The Labute approximate surface area is 157 Å². The Morgan fingerprint density at radius 2 is 1.92 bits per heavy atom. The summed E-state index contributed by atoms with van der Waals surface area (Å²) in [5.41, 5.74) is 13.0. The third kappa shape index (κ3) is 3.18. The molecule has 0 radical (unpaired) electrons. The van der Waals surface area contributed by atoms with Gasteiger partial charge in [0.15, 0.2) is 5.96 Å². The van der Waals surface area contributed by atoms with Gasteiger partial charge in [-0.15, -0.1) is 0 Å². The van der Waals surface area contributed by atoms with E-state index in [-0.39, 0.29) is 35.4 Å². The zero-order valence-electron chi connectivity index (χ0n) is 16.5. The van der Waals surface area contributed by atoms with Crippen LogP contribution in [0.5, 0.6) is 0 Å². The molecule has 148 valence electrons. The van der Waals surface area contributed by atoms with Gasteiger partial charge in [-0.3, -0.25) is 4.99 Å². The molecule has 0 amide bonds. The highest BCUT2D eigenvalue weighted by Crippen LogP contribution is 2.63. The molecule has 3 aliphatic carbocycles. The predicted octanol–water partition coefficient (Wildman–Crippen LogP) is 2.42. The first kappa shape index (κ1) is 19.7. The van der Waals surface area contributed by atoms with Crippen LogP contribution >= 0.6 is 0 Å². The van der Waals surface area contributed by atoms with Crippen LogP contribution in [-0.4, -0.2) is 35.4 Å². The summed E-state index contributed by atoms with van der Waals surface area (Å²) < 4.78 is 0. The number of hydrogen-bond acceptors (Lipinski definition) is 3. The SMILES string of the molecule is C=C1CCC2[C@H](CN=C(N)N)C([C@@]3(C)CC[C@H](O)C[C@@H]3CO)CC[C@]12C. The van der Waals surface area contributed by atoms with Crippen molar-refractivity contribution >= 4 is 5.96 Å². The maximum Gasteiger partial charge on any atom is 0.185 e. The van der Waals surface area contributed by atoms with Crippen molar-refractivity contribution in [1.29, 1.82) is 0 Å². The average Bonchev–Trinajstić information content (AvgIpc) is 2.90. The van der Waals surface area contributed by atoms with Gasteiger partial charge in [-0.2, -0.15) is 0 Å². The summed E-state index contributed by atoms with van der Waals surface area (Å²) in [6.07, 6.45) is 6.77. The van der Waals surface area contributed by atoms with Gasteiger partial charge in [0.25, 0.3) is 0 Å². The van der Waals surface area contributed by atoms with E-state index in [1.165, 1.54) is 12.0 Å². The summed E-state index contributed by atoms with van der Waals surface area (Å²) in [4.78, 5) is 4.44. The van der Waals surface area contributed by atoms with E-state index in [0.717, 1.165) is 32.1 Å². The summed E-state index contributed by atoms with van der Waals surface area (Å²) in [6.45, 7) is 9.90. The molecule has 3 saturated carbocycles. The Kier molecular flexibility index (Phi) is 5.42. The molecule has 0 spiro atoms. The lowest BCUT2D eigenvalue weighted by molar-refractivity contribution is -0.0915. The average molecular weight is 364 g/mol. The van der Waals surface area contributed by atoms with Crippen LogP contribution in [0.4, 0.5) is 0 Å². The number of guanidine groups is 1. The van der Waals surface area contributed by atoms with E-state index in [1.807, 2.05) is 0 Å². The van der Waals surface area contributed by atoms with E-state index < -0.39 is 0 Å². The molecule has 0 heterocycles. The van der Waals surface area contributed by atoms with Crippen molar-refractivity contribution in [3.8, 4) is 0 Å². The lowest BCUT2D eigenvalue weighted by atomic mass is 9.49. The standard InChI is InChI=1S/C21H37N3O2/c1-13-4-5-17-16(11-24-19(22)23)18(7-9-20(13,17)2)21(3)8-6-15(26)10-14(21)12-25/h14-18,25-26H,1,4-12H2,2-3H3,(H4,22,23,24)/t14-,15+,16+,17?,18?,20-,21+/m1/s1. The molecule has 0 aromatic heterocycles. The number of aliphatic hydroxyl groups excluding tert-OH is 2. The Bertz CT molecular complexity index is 574. The van der Waals surface area contributed by atoms with E-state index in [9.17, 15) is 10.2 Å². The first-order valence-electron chi connectivity index (χ1n) is 10.2. The molecule has 0 aromatic carbocycles. The number of hydrogen-bond donors (Lipinski definition) is 4. The van der Waals surface area contributed by atoms with Gasteiger partial charge in [-0.05, 0) is 79.4 Å². The molecule has 0 bridgehead atoms. The topological polar surface area (TPSA) is 105 Å². The van der Waals surface area contributed by atoms with Gasteiger partial charge >= 0.3 is 0 Å². The van der Waals surface area contributed by atoms with Crippen molar-refractivity contribution in [3.63, 3.8) is 0 Å². The van der Waals surface area contributed by atoms with Crippen LogP contribution in [0.3, 0.4) is 0 Å². The molecule has 2 unspecified atom stereocenters. The Morgan fingerprint density at radius 3 is 2.58 bits per heavy atom. The van der Waals surface area contributed by atoms with Gasteiger partial charge in [-0.1, -0.05) is 26.0 Å². The quantitative estimate of drug-likeness (QED) is 0.350. The minimum atomic E-state index is -0.281. The Balaban J connectivity index is 1.94. The third-order valence-corrected chi connectivity index (χ3v) is 8.45. The summed E-state index contributed by atoms with van der Waals surface area (Å²) in [5, 5.41) is 20.2. The van der Waals surface area contributed by atoms with Crippen LogP contribution in [0.25, 0.3) is 0 Å². The fourth-order valence-electron chi connectivity index (χ4n) is 6.65. The molecule has 0 aliphatic heterocycles. The molecule has 0 saturated heterocycles. The van der Waals surface area contributed by atoms with Gasteiger partial charge in [0.2, 0.25) is 0 Å². The summed E-state index contributed by atoms with van der Waals surface area (Å²) >= 11 is 0. The molecule has 7 atom stereocenters. The number of aliphatic hydroxyl groups is 2. The zero-order valence-corrected chi connectivity index (χ0v) is 16.5. The number of aliphatic imine (C=N–C) groups is 1. The van der Waals surface area contributed by atoms with Crippen LogP contribution in [0.2, 0.25) is 0 Å². The number of nitrogens with zero attached hydrogens (tertiary/aromatic N) is 1. The van der Waals surface area contributed by atoms with E-state index >= 15 is 0 Å². The molecule has 5 heteroatoms. The molecule has 26 heavy (non-hydrogen) atoms. The van der Waals surface area contributed by atoms with Gasteiger partial charge in [0.05, 0.1) is 6.10 Å².